The van der Waals surface area contributed by atoms with Gasteiger partial charge in [0.25, 0.3) is 0 Å². The zero-order valence-electron chi connectivity index (χ0n) is 15.7. The maximum Gasteiger partial charge on any atom is 0.237 e. The van der Waals surface area contributed by atoms with E-state index in [2.05, 4.69) is 4.98 Å². The van der Waals surface area contributed by atoms with Gasteiger partial charge in [0.15, 0.2) is 24.9 Å². The first kappa shape index (κ1) is 20.2. The third kappa shape index (κ3) is 3.20. The van der Waals surface area contributed by atoms with E-state index in [1.807, 2.05) is 0 Å². The smallest absolute Gasteiger partial charge is 0.237 e. The van der Waals surface area contributed by atoms with Gasteiger partial charge in [0.05, 0.1) is 9.79 Å². The van der Waals surface area contributed by atoms with Crippen molar-refractivity contribution in [1.29, 1.82) is 0 Å². The summed E-state index contributed by atoms with van der Waals surface area (Å²) in [6.45, 7) is 0. The lowest BCUT2D eigenvalue weighted by Crippen LogP contribution is -2.39. The van der Waals surface area contributed by atoms with Crippen molar-refractivity contribution in [3.05, 3.63) is 89.7 Å². The quantitative estimate of drug-likeness (QED) is 0.643. The fraction of sp³-hybridized carbons (Fsp3) is 0.143. The number of sulfone groups is 2. The lowest BCUT2D eigenvalue weighted by molar-refractivity contribution is -0.117. The number of nitrogens with zero attached hydrogens (tertiary/aromatic N) is 1. The van der Waals surface area contributed by atoms with Crippen LogP contribution in [0.5, 0.6) is 0 Å². The second kappa shape index (κ2) is 7.33. The zero-order chi connectivity index (χ0) is 21.5. The average molecular weight is 443 g/mol. The molecule has 9 heteroatoms. The fourth-order valence-electron chi connectivity index (χ4n) is 3.86. The minimum atomic E-state index is -4.27. The van der Waals surface area contributed by atoms with Crippen molar-refractivity contribution in [3.8, 4) is 0 Å². The molecule has 3 aromatic rings. The van der Waals surface area contributed by atoms with Crippen molar-refractivity contribution in [2.24, 2.45) is 5.73 Å². The Morgan fingerprint density at radius 2 is 1.63 bits per heavy atom. The second-order valence-electron chi connectivity index (χ2n) is 7.01. The minimum absolute atomic E-state index is 0.0667. The number of nitrogens with two attached hydrogens (primary N) is 1. The van der Waals surface area contributed by atoms with Gasteiger partial charge >= 0.3 is 0 Å². The number of hydrogen-bond acceptors (Lipinski definition) is 6. The molecule has 4 rings (SSSR count). The fourth-order valence-corrected chi connectivity index (χ4v) is 8.57. The highest BCUT2D eigenvalue weighted by Gasteiger charge is 2.55. The van der Waals surface area contributed by atoms with Gasteiger partial charge in [0.2, 0.25) is 5.91 Å². The number of benzene rings is 2. The Bertz CT molecular complexity index is 1320. The van der Waals surface area contributed by atoms with Crippen LogP contribution >= 0.6 is 0 Å². The SMILES string of the molecule is NC(=O)C1C(S(=O)(=O)c2ccccc2)c2c(Cc3ccncc3)cccc2S1(=O)=O. The van der Waals surface area contributed by atoms with Crippen LogP contribution in [-0.2, 0) is 30.9 Å². The van der Waals surface area contributed by atoms with Crippen molar-refractivity contribution < 1.29 is 21.6 Å². The zero-order valence-corrected chi connectivity index (χ0v) is 17.3. The maximum absolute atomic E-state index is 13.5. The van der Waals surface area contributed by atoms with Crippen molar-refractivity contribution in [2.75, 3.05) is 0 Å². The van der Waals surface area contributed by atoms with Crippen molar-refractivity contribution in [3.63, 3.8) is 0 Å². The molecule has 30 heavy (non-hydrogen) atoms. The first-order valence-electron chi connectivity index (χ1n) is 9.07. The molecule has 1 amide bonds. The molecule has 2 heterocycles. The van der Waals surface area contributed by atoms with Crippen LogP contribution in [0.25, 0.3) is 0 Å². The number of amides is 1. The van der Waals surface area contributed by atoms with E-state index in [0.29, 0.717) is 5.56 Å². The van der Waals surface area contributed by atoms with E-state index in [0.717, 1.165) is 5.56 Å². The molecule has 1 aromatic heterocycles. The standard InChI is InChI=1S/C21H18N2O5S2/c22-21(24)20-19(29(25,26)16-6-2-1-3-7-16)18-15(13-14-9-11-23-12-10-14)5-4-8-17(18)30(20,27)28/h1-12,19-20H,13H2,(H2,22,24). The van der Waals surface area contributed by atoms with Gasteiger partial charge in [0, 0.05) is 12.4 Å². The number of pyridine rings is 1. The highest BCUT2D eigenvalue weighted by molar-refractivity contribution is 7.97. The van der Waals surface area contributed by atoms with E-state index in [1.165, 1.54) is 18.2 Å². The van der Waals surface area contributed by atoms with E-state index < -0.39 is 36.1 Å². The van der Waals surface area contributed by atoms with E-state index in [9.17, 15) is 21.6 Å². The molecule has 0 radical (unpaired) electrons. The molecule has 0 bridgehead atoms. The van der Waals surface area contributed by atoms with E-state index in [4.69, 9.17) is 5.73 Å². The normalized spacial score (nSPS) is 19.9. The predicted molar refractivity (Wildman–Crippen MR) is 110 cm³/mol. The third-order valence-electron chi connectivity index (χ3n) is 5.19. The highest BCUT2D eigenvalue weighted by Crippen LogP contribution is 2.47. The Kier molecular flexibility index (Phi) is 4.95. The number of hydrogen-bond donors (Lipinski definition) is 1. The van der Waals surface area contributed by atoms with Gasteiger partial charge < -0.3 is 5.73 Å². The molecular weight excluding hydrogens is 424 g/mol. The molecule has 2 unspecified atom stereocenters. The summed E-state index contributed by atoms with van der Waals surface area (Å²) in [5.74, 6) is -1.19. The molecule has 1 aliphatic heterocycles. The number of carbonyl (C=O) groups is 1. The molecule has 154 valence electrons. The van der Waals surface area contributed by atoms with Gasteiger partial charge in [-0.05, 0) is 53.4 Å². The molecule has 2 atom stereocenters. The molecule has 0 fully saturated rings. The summed E-state index contributed by atoms with van der Waals surface area (Å²) in [5, 5.41) is -3.51. The summed E-state index contributed by atoms with van der Waals surface area (Å²) in [6.07, 6.45) is 3.48. The van der Waals surface area contributed by atoms with Crippen LogP contribution in [0.2, 0.25) is 0 Å². The summed E-state index contributed by atoms with van der Waals surface area (Å²) in [6, 6.07) is 15.6. The summed E-state index contributed by atoms with van der Waals surface area (Å²) in [5.41, 5.74) is 6.88. The van der Waals surface area contributed by atoms with Gasteiger partial charge in [-0.1, -0.05) is 30.3 Å². The minimum Gasteiger partial charge on any atom is -0.368 e. The van der Waals surface area contributed by atoms with Crippen LogP contribution in [0.15, 0.2) is 82.8 Å². The van der Waals surface area contributed by atoms with Crippen LogP contribution < -0.4 is 5.73 Å². The Morgan fingerprint density at radius 1 is 0.967 bits per heavy atom. The van der Waals surface area contributed by atoms with Gasteiger partial charge in [-0.25, -0.2) is 16.8 Å². The van der Waals surface area contributed by atoms with E-state index >= 15 is 0 Å². The van der Waals surface area contributed by atoms with Crippen molar-refractivity contribution >= 4 is 25.6 Å². The maximum atomic E-state index is 13.5. The number of fused-ring (bicyclic) bond motifs is 1. The van der Waals surface area contributed by atoms with Crippen LogP contribution in [0.1, 0.15) is 21.9 Å². The largest absolute Gasteiger partial charge is 0.368 e. The summed E-state index contributed by atoms with van der Waals surface area (Å²) >= 11 is 0. The molecule has 1 aliphatic rings. The second-order valence-corrected chi connectivity index (χ2v) is 11.1. The molecule has 0 spiro atoms. The Hall–Kier alpha value is -3.04. The van der Waals surface area contributed by atoms with Crippen LogP contribution in [-0.4, -0.2) is 33.0 Å². The molecule has 7 nitrogen and oxygen atoms in total. The van der Waals surface area contributed by atoms with Gasteiger partial charge in [0.1, 0.15) is 5.25 Å². The lowest BCUT2D eigenvalue weighted by Gasteiger charge is -2.19. The highest BCUT2D eigenvalue weighted by atomic mass is 32.2. The number of carbonyl (C=O) groups excluding carboxylic acids is 1. The lowest BCUT2D eigenvalue weighted by atomic mass is 9.97. The van der Waals surface area contributed by atoms with Crippen molar-refractivity contribution in [1.82, 2.24) is 4.98 Å². The van der Waals surface area contributed by atoms with Gasteiger partial charge in [-0.15, -0.1) is 0 Å². The Labute approximate surface area is 174 Å². The number of rotatable bonds is 5. The molecule has 2 N–H and O–H groups in total. The first-order valence-corrected chi connectivity index (χ1v) is 12.2. The monoisotopic (exact) mass is 442 g/mol. The molecule has 0 saturated carbocycles. The number of primary amides is 1. The van der Waals surface area contributed by atoms with E-state index in [1.54, 1.807) is 54.9 Å². The van der Waals surface area contributed by atoms with Crippen LogP contribution in [0.4, 0.5) is 0 Å². The first-order chi connectivity index (χ1) is 14.2. The average Bonchev–Trinajstić information content (AvgIpc) is 2.98. The third-order valence-corrected chi connectivity index (χ3v) is 9.61. The number of aromatic nitrogens is 1. The summed E-state index contributed by atoms with van der Waals surface area (Å²) in [4.78, 5) is 15.9. The van der Waals surface area contributed by atoms with Gasteiger partial charge in [-0.3, -0.25) is 9.78 Å². The predicted octanol–water partition coefficient (Wildman–Crippen LogP) is 1.83. The summed E-state index contributed by atoms with van der Waals surface area (Å²) < 4.78 is 53.3. The molecule has 0 saturated heterocycles. The van der Waals surface area contributed by atoms with Crippen molar-refractivity contribution in [2.45, 2.75) is 26.7 Å². The van der Waals surface area contributed by atoms with E-state index in [-0.39, 0.29) is 21.8 Å². The Balaban J connectivity index is 1.98. The van der Waals surface area contributed by atoms with Crippen LogP contribution in [0.3, 0.4) is 0 Å². The molecule has 2 aromatic carbocycles. The molecular formula is C21H18N2O5S2. The Morgan fingerprint density at radius 3 is 2.27 bits per heavy atom. The molecule has 0 aliphatic carbocycles. The van der Waals surface area contributed by atoms with Gasteiger partial charge in [-0.2, -0.15) is 0 Å². The topological polar surface area (TPSA) is 124 Å². The van der Waals surface area contributed by atoms with Crippen LogP contribution in [0, 0.1) is 0 Å². The summed E-state index contributed by atoms with van der Waals surface area (Å²) in [7, 11) is -8.49.